The molecule has 14 heavy (non-hydrogen) atoms. The lowest BCUT2D eigenvalue weighted by Crippen LogP contribution is -2.09. The lowest BCUT2D eigenvalue weighted by molar-refractivity contribution is -0.136. The largest absolute Gasteiger partial charge is 0.481 e. The first-order chi connectivity index (χ1) is 6.39. The summed E-state index contributed by atoms with van der Waals surface area (Å²) in [5, 5.41) is 9.59. The van der Waals surface area contributed by atoms with Crippen LogP contribution in [0.1, 0.15) is 37.1 Å². The molecule has 3 nitrogen and oxygen atoms in total. The van der Waals surface area contributed by atoms with Gasteiger partial charge in [0.25, 0.3) is 0 Å². The highest BCUT2D eigenvalue weighted by Crippen LogP contribution is 2.27. The summed E-state index contributed by atoms with van der Waals surface area (Å²) in [5.41, 5.74) is 0.0616. The van der Waals surface area contributed by atoms with Crippen LogP contribution in [0, 0.1) is 0 Å². The van der Waals surface area contributed by atoms with Crippen molar-refractivity contribution < 1.29 is 9.90 Å². The molecule has 0 fully saturated rings. The summed E-state index contributed by atoms with van der Waals surface area (Å²) < 4.78 is 0. The number of aliphatic carboxylic acids is 1. The number of carbonyl (C=O) groups is 1. The topological polar surface area (TPSA) is 50.2 Å². The van der Waals surface area contributed by atoms with Gasteiger partial charge >= 0.3 is 5.97 Å². The highest BCUT2D eigenvalue weighted by atomic mass is 32.1. The Morgan fingerprint density at radius 1 is 1.57 bits per heavy atom. The lowest BCUT2D eigenvalue weighted by atomic mass is 9.98. The van der Waals surface area contributed by atoms with Crippen LogP contribution in [0.15, 0.2) is 6.20 Å². The minimum atomic E-state index is -0.754. The first kappa shape index (κ1) is 11.2. The van der Waals surface area contributed by atoms with Crippen molar-refractivity contribution in [2.24, 2.45) is 0 Å². The van der Waals surface area contributed by atoms with Gasteiger partial charge in [0.2, 0.25) is 0 Å². The summed E-state index contributed by atoms with van der Waals surface area (Å²) in [6.07, 6.45) is 2.56. The monoisotopic (exact) mass is 213 g/mol. The van der Waals surface area contributed by atoms with Crippen molar-refractivity contribution in [1.82, 2.24) is 4.98 Å². The standard InChI is InChI=1S/C10H15NO2S/c1-10(2,3)9-11-6-7(14-9)4-5-8(12)13/h6H,4-5H2,1-3H3,(H,12,13). The normalized spacial score (nSPS) is 11.6. The predicted octanol–water partition coefficient (Wildman–Crippen LogP) is 2.46. The Bertz CT molecular complexity index is 325. The minimum absolute atomic E-state index is 0.0616. The molecule has 0 bridgehead atoms. The lowest BCUT2D eigenvalue weighted by Gasteiger charge is -2.13. The second-order valence-electron chi connectivity index (χ2n) is 4.28. The van der Waals surface area contributed by atoms with Crippen LogP contribution < -0.4 is 0 Å². The zero-order valence-electron chi connectivity index (χ0n) is 8.70. The van der Waals surface area contributed by atoms with Crippen LogP contribution in [0.5, 0.6) is 0 Å². The third-order valence-electron chi connectivity index (χ3n) is 1.78. The average Bonchev–Trinajstić information content (AvgIpc) is 2.47. The fraction of sp³-hybridized carbons (Fsp3) is 0.600. The predicted molar refractivity (Wildman–Crippen MR) is 56.8 cm³/mol. The van der Waals surface area contributed by atoms with Gasteiger partial charge in [0.15, 0.2) is 0 Å². The summed E-state index contributed by atoms with van der Waals surface area (Å²) in [7, 11) is 0. The van der Waals surface area contributed by atoms with E-state index < -0.39 is 5.97 Å². The number of carboxylic acid groups (broad SMARTS) is 1. The Labute approximate surface area is 87.8 Å². The van der Waals surface area contributed by atoms with Crippen molar-refractivity contribution in [3.8, 4) is 0 Å². The van der Waals surface area contributed by atoms with Gasteiger partial charge < -0.3 is 5.11 Å². The van der Waals surface area contributed by atoms with E-state index in [1.807, 2.05) is 0 Å². The number of thiazole rings is 1. The van der Waals surface area contributed by atoms with E-state index in [-0.39, 0.29) is 11.8 Å². The molecule has 0 aromatic carbocycles. The first-order valence-electron chi connectivity index (χ1n) is 4.56. The molecule has 0 amide bonds. The Morgan fingerprint density at radius 3 is 2.64 bits per heavy atom. The molecule has 0 radical (unpaired) electrons. The molecule has 0 aliphatic carbocycles. The first-order valence-corrected chi connectivity index (χ1v) is 5.38. The fourth-order valence-corrected chi connectivity index (χ4v) is 1.97. The van der Waals surface area contributed by atoms with E-state index >= 15 is 0 Å². The van der Waals surface area contributed by atoms with Gasteiger partial charge in [-0.1, -0.05) is 20.8 Å². The molecular formula is C10H15NO2S. The van der Waals surface area contributed by atoms with Crippen LogP contribution in [0.2, 0.25) is 0 Å². The molecule has 0 atom stereocenters. The molecule has 1 aromatic rings. The zero-order chi connectivity index (χ0) is 10.8. The maximum absolute atomic E-state index is 10.4. The van der Waals surface area contributed by atoms with Crippen LogP contribution in [-0.4, -0.2) is 16.1 Å². The third kappa shape index (κ3) is 3.10. The summed E-state index contributed by atoms with van der Waals surface area (Å²) in [6, 6.07) is 0. The van der Waals surface area contributed by atoms with Crippen LogP contribution >= 0.6 is 11.3 Å². The van der Waals surface area contributed by atoms with Gasteiger partial charge in [-0.05, 0) is 6.42 Å². The molecule has 4 heteroatoms. The number of hydrogen-bond acceptors (Lipinski definition) is 3. The Balaban J connectivity index is 2.64. The van der Waals surface area contributed by atoms with E-state index in [1.165, 1.54) is 0 Å². The van der Waals surface area contributed by atoms with E-state index in [0.717, 1.165) is 9.88 Å². The Morgan fingerprint density at radius 2 is 2.21 bits per heavy atom. The number of aromatic nitrogens is 1. The molecule has 1 N–H and O–H groups in total. The van der Waals surface area contributed by atoms with E-state index in [2.05, 4.69) is 25.8 Å². The van der Waals surface area contributed by atoms with Gasteiger partial charge in [-0.2, -0.15) is 0 Å². The molecule has 0 saturated carbocycles. The molecule has 0 saturated heterocycles. The van der Waals surface area contributed by atoms with Crippen LogP contribution in [0.4, 0.5) is 0 Å². The number of aryl methyl sites for hydroxylation is 1. The summed E-state index contributed by atoms with van der Waals surface area (Å²) in [6.45, 7) is 6.31. The highest BCUT2D eigenvalue weighted by molar-refractivity contribution is 7.11. The number of nitrogens with zero attached hydrogens (tertiary/aromatic N) is 1. The highest BCUT2D eigenvalue weighted by Gasteiger charge is 2.17. The van der Waals surface area contributed by atoms with Gasteiger partial charge in [-0.15, -0.1) is 11.3 Å². The fourth-order valence-electron chi connectivity index (χ4n) is 1.000. The van der Waals surface area contributed by atoms with Crippen molar-refractivity contribution in [3.05, 3.63) is 16.1 Å². The zero-order valence-corrected chi connectivity index (χ0v) is 9.52. The average molecular weight is 213 g/mol. The Kier molecular flexibility index (Phi) is 3.26. The summed E-state index contributed by atoms with van der Waals surface area (Å²) >= 11 is 1.61. The maximum atomic E-state index is 10.4. The van der Waals surface area contributed by atoms with Gasteiger partial charge in [0.05, 0.1) is 11.4 Å². The smallest absolute Gasteiger partial charge is 0.303 e. The third-order valence-corrected chi connectivity index (χ3v) is 3.26. The molecule has 78 valence electrons. The van der Waals surface area contributed by atoms with Crippen LogP contribution in [0.25, 0.3) is 0 Å². The molecule has 1 rings (SSSR count). The van der Waals surface area contributed by atoms with Crippen molar-refractivity contribution >= 4 is 17.3 Å². The molecule has 0 spiro atoms. The second-order valence-corrected chi connectivity index (χ2v) is 5.39. The van der Waals surface area contributed by atoms with Gasteiger partial charge in [0.1, 0.15) is 0 Å². The van der Waals surface area contributed by atoms with Gasteiger partial charge in [-0.25, -0.2) is 4.98 Å². The van der Waals surface area contributed by atoms with Gasteiger partial charge in [0, 0.05) is 16.5 Å². The summed E-state index contributed by atoms with van der Waals surface area (Å²) in [5.74, 6) is -0.754. The molecule has 1 heterocycles. The van der Waals surface area contributed by atoms with E-state index in [1.54, 1.807) is 17.5 Å². The van der Waals surface area contributed by atoms with Crippen molar-refractivity contribution in [2.45, 2.75) is 39.0 Å². The SMILES string of the molecule is CC(C)(C)c1ncc(CCC(=O)O)s1. The van der Waals surface area contributed by atoms with Crippen LogP contribution in [-0.2, 0) is 16.6 Å². The molecule has 0 unspecified atom stereocenters. The minimum Gasteiger partial charge on any atom is -0.481 e. The molecular weight excluding hydrogens is 198 g/mol. The second kappa shape index (κ2) is 4.09. The number of hydrogen-bond donors (Lipinski definition) is 1. The van der Waals surface area contributed by atoms with Gasteiger partial charge in [-0.3, -0.25) is 4.79 Å². The quantitative estimate of drug-likeness (QED) is 0.839. The number of rotatable bonds is 3. The maximum Gasteiger partial charge on any atom is 0.303 e. The van der Waals surface area contributed by atoms with E-state index in [9.17, 15) is 4.79 Å². The summed E-state index contributed by atoms with van der Waals surface area (Å²) in [4.78, 5) is 15.7. The molecule has 0 aliphatic heterocycles. The van der Waals surface area contributed by atoms with Crippen LogP contribution in [0.3, 0.4) is 0 Å². The van der Waals surface area contributed by atoms with Crippen molar-refractivity contribution in [2.75, 3.05) is 0 Å². The van der Waals surface area contributed by atoms with E-state index in [0.29, 0.717) is 6.42 Å². The van der Waals surface area contributed by atoms with Crippen molar-refractivity contribution in [1.29, 1.82) is 0 Å². The molecule has 0 aliphatic rings. The van der Waals surface area contributed by atoms with E-state index in [4.69, 9.17) is 5.11 Å². The van der Waals surface area contributed by atoms with Crippen molar-refractivity contribution in [3.63, 3.8) is 0 Å². The molecule has 1 aromatic heterocycles. The Hall–Kier alpha value is -0.900. The number of carboxylic acids is 1.